The van der Waals surface area contributed by atoms with E-state index in [2.05, 4.69) is 4.99 Å². The molecule has 1 amide bonds. The maximum absolute atomic E-state index is 12.8. The third kappa shape index (κ3) is 4.06. The van der Waals surface area contributed by atoms with Crippen molar-refractivity contribution in [1.29, 1.82) is 0 Å². The fourth-order valence-electron chi connectivity index (χ4n) is 3.50. The van der Waals surface area contributed by atoms with Crippen LogP contribution in [0, 0.1) is 5.92 Å². The summed E-state index contributed by atoms with van der Waals surface area (Å²) >= 11 is 8.74. The molecule has 1 fully saturated rings. The van der Waals surface area contributed by atoms with Gasteiger partial charge in [0.15, 0.2) is 4.80 Å². The smallest absolute Gasteiger partial charge is 0.252 e. The molecule has 154 valence electrons. The zero-order valence-corrected chi connectivity index (χ0v) is 19.0. The van der Waals surface area contributed by atoms with Crippen molar-refractivity contribution >= 4 is 60.4 Å². The average molecular weight is 470 g/mol. The van der Waals surface area contributed by atoms with E-state index in [1.165, 1.54) is 27.0 Å². The number of hydrogen-bond donors (Lipinski definition) is 0. The molecule has 3 aromatic rings. The van der Waals surface area contributed by atoms with Crippen LogP contribution in [0.3, 0.4) is 0 Å². The highest BCUT2D eigenvalue weighted by Gasteiger charge is 2.32. The predicted octanol–water partition coefficient (Wildman–Crippen LogP) is 3.97. The first-order valence-electron chi connectivity index (χ1n) is 9.31. The van der Waals surface area contributed by atoms with E-state index in [-0.39, 0.29) is 11.8 Å². The fraction of sp³-hybridized carbons (Fsp3) is 0.368. The molecule has 0 saturated carbocycles. The molecule has 10 heteroatoms. The number of carbonyl (C=O) groups excluding carboxylic acids is 1. The second-order valence-corrected chi connectivity index (χ2v) is 11.4. The van der Waals surface area contributed by atoms with Gasteiger partial charge in [-0.2, -0.15) is 9.30 Å². The Balaban J connectivity index is 1.53. The van der Waals surface area contributed by atoms with E-state index in [4.69, 9.17) is 11.6 Å². The largest absolute Gasteiger partial charge is 0.317 e. The molecule has 6 nitrogen and oxygen atoms in total. The zero-order chi connectivity index (χ0) is 20.6. The van der Waals surface area contributed by atoms with Crippen molar-refractivity contribution < 1.29 is 13.2 Å². The lowest BCUT2D eigenvalue weighted by atomic mass is 9.98. The Morgan fingerprint density at radius 1 is 1.28 bits per heavy atom. The highest BCUT2D eigenvalue weighted by molar-refractivity contribution is 7.91. The number of piperidine rings is 1. The van der Waals surface area contributed by atoms with Crippen LogP contribution in [0.1, 0.15) is 19.8 Å². The Bertz CT molecular complexity index is 1200. The van der Waals surface area contributed by atoms with Crippen LogP contribution in [0.15, 0.2) is 44.9 Å². The van der Waals surface area contributed by atoms with Crippen molar-refractivity contribution in [1.82, 2.24) is 8.87 Å². The standard InChI is InChI=1S/C19H20ClN3O3S3/c1-2-23-15-6-5-14(20)12-16(15)28-19(23)21-18(24)13-7-9-22(10-8-13)29(25,26)17-4-3-11-27-17/h3-6,11-13H,2,7-10H2,1H3. The summed E-state index contributed by atoms with van der Waals surface area (Å²) < 4.78 is 30.1. The molecule has 0 bridgehead atoms. The number of aryl methyl sites for hydroxylation is 1. The van der Waals surface area contributed by atoms with Gasteiger partial charge in [-0.05, 0) is 49.4 Å². The number of benzene rings is 1. The molecule has 3 heterocycles. The number of thiophene rings is 1. The molecule has 0 atom stereocenters. The van der Waals surface area contributed by atoms with Crippen LogP contribution >= 0.6 is 34.3 Å². The molecule has 1 aliphatic heterocycles. The topological polar surface area (TPSA) is 71.7 Å². The van der Waals surface area contributed by atoms with Gasteiger partial charge in [0.25, 0.3) is 15.9 Å². The molecule has 0 unspecified atom stereocenters. The van der Waals surface area contributed by atoms with Crippen LogP contribution in [0.2, 0.25) is 5.02 Å². The van der Waals surface area contributed by atoms with Gasteiger partial charge < -0.3 is 4.57 Å². The lowest BCUT2D eigenvalue weighted by Gasteiger charge is -2.29. The normalized spacial score (nSPS) is 17.2. The number of aromatic nitrogens is 1. The minimum absolute atomic E-state index is 0.182. The number of halogens is 1. The van der Waals surface area contributed by atoms with Crippen molar-refractivity contribution in [2.75, 3.05) is 13.1 Å². The van der Waals surface area contributed by atoms with Crippen LogP contribution in [-0.4, -0.2) is 36.3 Å². The molecule has 1 aromatic carbocycles. The molecule has 0 spiro atoms. The van der Waals surface area contributed by atoms with Gasteiger partial charge in [0.05, 0.1) is 10.2 Å². The monoisotopic (exact) mass is 469 g/mol. The van der Waals surface area contributed by atoms with Gasteiger partial charge in [-0.3, -0.25) is 4.79 Å². The van der Waals surface area contributed by atoms with Crippen molar-refractivity contribution in [2.24, 2.45) is 10.9 Å². The van der Waals surface area contributed by atoms with Crippen LogP contribution in [0.25, 0.3) is 10.2 Å². The number of hydrogen-bond acceptors (Lipinski definition) is 5. The summed E-state index contributed by atoms with van der Waals surface area (Å²) in [7, 11) is -3.46. The number of thiazole rings is 1. The second-order valence-electron chi connectivity index (χ2n) is 6.80. The van der Waals surface area contributed by atoms with Crippen LogP contribution in [0.5, 0.6) is 0 Å². The molecule has 1 saturated heterocycles. The highest BCUT2D eigenvalue weighted by atomic mass is 35.5. The Kier molecular flexibility index (Phi) is 5.94. The first-order chi connectivity index (χ1) is 13.9. The maximum Gasteiger partial charge on any atom is 0.252 e. The molecular formula is C19H20ClN3O3S3. The molecule has 1 aliphatic rings. The number of nitrogens with zero attached hydrogens (tertiary/aromatic N) is 3. The summed E-state index contributed by atoms with van der Waals surface area (Å²) in [5, 5.41) is 2.41. The number of fused-ring (bicyclic) bond motifs is 1. The van der Waals surface area contributed by atoms with E-state index in [9.17, 15) is 13.2 Å². The first kappa shape index (κ1) is 20.7. The van der Waals surface area contributed by atoms with E-state index < -0.39 is 10.0 Å². The first-order valence-corrected chi connectivity index (χ1v) is 12.8. The molecular weight excluding hydrogens is 450 g/mol. The minimum atomic E-state index is -3.46. The number of amides is 1. The van der Waals surface area contributed by atoms with Gasteiger partial charge >= 0.3 is 0 Å². The van der Waals surface area contributed by atoms with Gasteiger partial charge in [-0.25, -0.2) is 8.42 Å². The third-order valence-corrected chi connectivity index (χ3v) is 9.61. The fourth-order valence-corrected chi connectivity index (χ4v) is 7.49. The minimum Gasteiger partial charge on any atom is -0.317 e. The Morgan fingerprint density at radius 3 is 2.69 bits per heavy atom. The molecule has 0 aliphatic carbocycles. The number of carbonyl (C=O) groups is 1. The summed E-state index contributed by atoms with van der Waals surface area (Å²) in [5.74, 6) is -0.443. The number of rotatable bonds is 4. The van der Waals surface area contributed by atoms with Crippen LogP contribution < -0.4 is 4.80 Å². The van der Waals surface area contributed by atoms with E-state index in [0.717, 1.165) is 10.2 Å². The van der Waals surface area contributed by atoms with Gasteiger partial charge in [0.1, 0.15) is 4.21 Å². The summed E-state index contributed by atoms with van der Waals surface area (Å²) in [6.45, 7) is 3.38. The van der Waals surface area contributed by atoms with E-state index >= 15 is 0 Å². The molecule has 29 heavy (non-hydrogen) atoms. The molecule has 0 N–H and O–H groups in total. The summed E-state index contributed by atoms with van der Waals surface area (Å²) in [6, 6.07) is 9.00. The van der Waals surface area contributed by atoms with Crippen LogP contribution in [0.4, 0.5) is 0 Å². The molecule has 0 radical (unpaired) electrons. The Labute approximate surface area is 182 Å². The van der Waals surface area contributed by atoms with Crippen molar-refractivity contribution in [3.05, 3.63) is 45.5 Å². The maximum atomic E-state index is 12.8. The van der Waals surface area contributed by atoms with Gasteiger partial charge in [-0.1, -0.05) is 29.0 Å². The lowest BCUT2D eigenvalue weighted by Crippen LogP contribution is -2.40. The SMILES string of the molecule is CCn1c(=NC(=O)C2CCN(S(=O)(=O)c3cccs3)CC2)sc2cc(Cl)ccc21. The van der Waals surface area contributed by atoms with E-state index in [0.29, 0.717) is 46.5 Å². The third-order valence-electron chi connectivity index (χ3n) is 5.06. The number of sulfonamides is 1. The Hall–Kier alpha value is -1.52. The van der Waals surface area contributed by atoms with E-state index in [1.54, 1.807) is 17.5 Å². The lowest BCUT2D eigenvalue weighted by molar-refractivity contribution is -0.122. The highest BCUT2D eigenvalue weighted by Crippen LogP contribution is 2.27. The van der Waals surface area contributed by atoms with Crippen molar-refractivity contribution in [2.45, 2.75) is 30.5 Å². The molecule has 4 rings (SSSR count). The summed E-state index contributed by atoms with van der Waals surface area (Å²) in [4.78, 5) is 17.8. The van der Waals surface area contributed by atoms with Gasteiger partial charge in [0, 0.05) is 30.6 Å². The van der Waals surface area contributed by atoms with Gasteiger partial charge in [0.2, 0.25) is 0 Å². The van der Waals surface area contributed by atoms with E-state index in [1.807, 2.05) is 29.7 Å². The Morgan fingerprint density at radius 2 is 2.03 bits per heavy atom. The summed E-state index contributed by atoms with van der Waals surface area (Å²) in [5.41, 5.74) is 1.00. The average Bonchev–Trinajstić information content (AvgIpc) is 3.35. The van der Waals surface area contributed by atoms with Crippen molar-refractivity contribution in [3.63, 3.8) is 0 Å². The second kappa shape index (κ2) is 8.31. The summed E-state index contributed by atoms with van der Waals surface area (Å²) in [6.07, 6.45) is 0.964. The quantitative estimate of drug-likeness (QED) is 0.580. The zero-order valence-electron chi connectivity index (χ0n) is 15.7. The molecule has 2 aromatic heterocycles. The van der Waals surface area contributed by atoms with Crippen LogP contribution in [-0.2, 0) is 21.4 Å². The predicted molar refractivity (Wildman–Crippen MR) is 117 cm³/mol. The van der Waals surface area contributed by atoms with Gasteiger partial charge in [-0.15, -0.1) is 11.3 Å². The van der Waals surface area contributed by atoms with Crippen molar-refractivity contribution in [3.8, 4) is 0 Å².